The zero-order valence-corrected chi connectivity index (χ0v) is 20.9. The zero-order chi connectivity index (χ0) is 24.3. The molecule has 5 heteroatoms. The van der Waals surface area contributed by atoms with E-state index >= 15 is 0 Å². The summed E-state index contributed by atoms with van der Waals surface area (Å²) in [5, 5.41) is 9.93. The Hall–Kier alpha value is -2.30. The van der Waals surface area contributed by atoms with Crippen molar-refractivity contribution in [2.45, 2.75) is 90.8 Å². The number of esters is 2. The number of benzene rings is 1. The summed E-state index contributed by atoms with van der Waals surface area (Å²) < 4.78 is 11.5. The van der Waals surface area contributed by atoms with Crippen molar-refractivity contribution in [1.82, 2.24) is 0 Å². The van der Waals surface area contributed by atoms with Gasteiger partial charge in [-0.3, -0.25) is 9.59 Å². The maximum Gasteiger partial charge on any atom is 0.302 e. The van der Waals surface area contributed by atoms with Crippen molar-refractivity contribution in [3.8, 4) is 5.75 Å². The predicted molar refractivity (Wildman–Crippen MR) is 129 cm³/mol. The molecule has 0 bridgehead atoms. The highest BCUT2D eigenvalue weighted by Crippen LogP contribution is 2.67. The topological polar surface area (TPSA) is 72.8 Å². The summed E-state index contributed by atoms with van der Waals surface area (Å²) in [5.74, 6) is 1.63. The first kappa shape index (κ1) is 23.4. The highest BCUT2D eigenvalue weighted by molar-refractivity contribution is 5.66. The van der Waals surface area contributed by atoms with Crippen LogP contribution in [0, 0.1) is 28.6 Å². The molecule has 0 heterocycles. The van der Waals surface area contributed by atoms with E-state index < -0.39 is 0 Å². The molecular weight excluding hydrogens is 428 g/mol. The van der Waals surface area contributed by atoms with E-state index in [1.807, 2.05) is 0 Å². The van der Waals surface area contributed by atoms with E-state index in [-0.39, 0.29) is 46.6 Å². The number of allylic oxidation sites excluding steroid dienone is 1. The van der Waals surface area contributed by atoms with Crippen molar-refractivity contribution < 1.29 is 24.2 Å². The van der Waals surface area contributed by atoms with Gasteiger partial charge in [0.25, 0.3) is 0 Å². The van der Waals surface area contributed by atoms with Gasteiger partial charge < -0.3 is 14.6 Å². The van der Waals surface area contributed by atoms with Gasteiger partial charge in [0.2, 0.25) is 0 Å². The van der Waals surface area contributed by atoms with Crippen LogP contribution in [0.15, 0.2) is 35.9 Å². The van der Waals surface area contributed by atoms with Crippen LogP contribution < -0.4 is 0 Å². The van der Waals surface area contributed by atoms with Gasteiger partial charge in [0.15, 0.2) is 0 Å². The molecule has 184 valence electrons. The highest BCUT2D eigenvalue weighted by Gasteiger charge is 2.61. The van der Waals surface area contributed by atoms with Crippen molar-refractivity contribution in [2.75, 3.05) is 0 Å². The molecule has 1 aromatic carbocycles. The van der Waals surface area contributed by atoms with Gasteiger partial charge in [0, 0.05) is 31.6 Å². The molecule has 4 aliphatic rings. The molecule has 3 unspecified atom stereocenters. The predicted octanol–water partition coefficient (Wildman–Crippen LogP) is 5.91. The largest absolute Gasteiger partial charge is 0.508 e. The van der Waals surface area contributed by atoms with Crippen LogP contribution in [-0.2, 0) is 19.1 Å². The molecule has 8 atom stereocenters. The SMILES string of the molecule is CC(=O)OC1CC[C@@]2(C)C(=CC(c3ccc(O)cc3)[C@@H]3[C@@H]2CC[C@]2(C)C(OC(C)=O)CC[C@@H]32)C1. The third-order valence-electron chi connectivity index (χ3n) is 9.95. The van der Waals surface area contributed by atoms with Gasteiger partial charge in [-0.15, -0.1) is 0 Å². The second kappa shape index (κ2) is 8.42. The number of hydrogen-bond acceptors (Lipinski definition) is 5. The van der Waals surface area contributed by atoms with E-state index in [4.69, 9.17) is 9.47 Å². The van der Waals surface area contributed by atoms with Gasteiger partial charge in [0.1, 0.15) is 18.0 Å². The zero-order valence-electron chi connectivity index (χ0n) is 20.9. The lowest BCUT2D eigenvalue weighted by molar-refractivity contribution is -0.157. The number of rotatable bonds is 3. The first-order valence-electron chi connectivity index (χ1n) is 13.0. The Labute approximate surface area is 202 Å². The minimum absolute atomic E-state index is 0.00134. The van der Waals surface area contributed by atoms with Crippen molar-refractivity contribution in [3.63, 3.8) is 0 Å². The smallest absolute Gasteiger partial charge is 0.302 e. The van der Waals surface area contributed by atoms with Gasteiger partial charge in [-0.05, 0) is 79.4 Å². The lowest BCUT2D eigenvalue weighted by Gasteiger charge is -2.60. The van der Waals surface area contributed by atoms with E-state index in [9.17, 15) is 14.7 Å². The summed E-state index contributed by atoms with van der Waals surface area (Å²) in [5.41, 5.74) is 2.77. The molecule has 3 saturated carbocycles. The molecule has 1 aromatic rings. The number of ether oxygens (including phenoxy) is 2. The number of carbonyl (C=O) groups excluding carboxylic acids is 2. The maximum absolute atomic E-state index is 11.9. The minimum Gasteiger partial charge on any atom is -0.508 e. The van der Waals surface area contributed by atoms with Crippen LogP contribution in [0.25, 0.3) is 0 Å². The van der Waals surface area contributed by atoms with Gasteiger partial charge in [-0.1, -0.05) is 37.6 Å². The van der Waals surface area contributed by atoms with E-state index in [1.54, 1.807) is 12.1 Å². The van der Waals surface area contributed by atoms with Crippen molar-refractivity contribution >= 4 is 11.9 Å². The molecular formula is C29H38O5. The number of phenols is 1. The second-order valence-electron chi connectivity index (χ2n) is 11.7. The van der Waals surface area contributed by atoms with E-state index in [0.29, 0.717) is 17.8 Å². The Morgan fingerprint density at radius 3 is 2.29 bits per heavy atom. The van der Waals surface area contributed by atoms with Crippen LogP contribution in [0.2, 0.25) is 0 Å². The van der Waals surface area contributed by atoms with Crippen LogP contribution in [0.1, 0.15) is 84.1 Å². The highest BCUT2D eigenvalue weighted by atomic mass is 16.5. The third kappa shape index (κ3) is 3.76. The fourth-order valence-corrected chi connectivity index (χ4v) is 8.35. The average molecular weight is 467 g/mol. The molecule has 5 nitrogen and oxygen atoms in total. The Balaban J connectivity index is 1.56. The molecule has 4 aliphatic carbocycles. The molecule has 0 spiro atoms. The molecule has 1 N–H and O–H groups in total. The summed E-state index contributed by atoms with van der Waals surface area (Å²) in [4.78, 5) is 23.5. The fraction of sp³-hybridized carbons (Fsp3) is 0.655. The van der Waals surface area contributed by atoms with Gasteiger partial charge in [-0.2, -0.15) is 0 Å². The van der Waals surface area contributed by atoms with Crippen molar-refractivity contribution in [3.05, 3.63) is 41.5 Å². The fourth-order valence-electron chi connectivity index (χ4n) is 8.35. The van der Waals surface area contributed by atoms with Crippen LogP contribution in [0.3, 0.4) is 0 Å². The molecule has 0 amide bonds. The van der Waals surface area contributed by atoms with Crippen LogP contribution in [-0.4, -0.2) is 29.3 Å². The third-order valence-corrected chi connectivity index (χ3v) is 9.95. The van der Waals surface area contributed by atoms with Crippen molar-refractivity contribution in [2.24, 2.45) is 28.6 Å². The van der Waals surface area contributed by atoms with Crippen LogP contribution >= 0.6 is 0 Å². The first-order valence-corrected chi connectivity index (χ1v) is 13.0. The molecule has 5 rings (SSSR count). The number of carbonyl (C=O) groups is 2. The summed E-state index contributed by atoms with van der Waals surface area (Å²) in [7, 11) is 0. The van der Waals surface area contributed by atoms with Gasteiger partial charge in [0.05, 0.1) is 0 Å². The number of fused-ring (bicyclic) bond motifs is 5. The van der Waals surface area contributed by atoms with E-state index in [1.165, 1.54) is 25.0 Å². The van der Waals surface area contributed by atoms with E-state index in [0.717, 1.165) is 44.9 Å². The summed E-state index contributed by atoms with van der Waals surface area (Å²) in [6.07, 6.45) is 9.42. The summed E-state index contributed by atoms with van der Waals surface area (Å²) in [6, 6.07) is 7.70. The maximum atomic E-state index is 11.9. The number of hydrogen-bond donors (Lipinski definition) is 1. The van der Waals surface area contributed by atoms with Gasteiger partial charge in [-0.25, -0.2) is 0 Å². The summed E-state index contributed by atoms with van der Waals surface area (Å²) in [6.45, 7) is 7.82. The Morgan fingerprint density at radius 2 is 1.62 bits per heavy atom. The minimum atomic E-state index is -0.200. The quantitative estimate of drug-likeness (QED) is 0.443. The van der Waals surface area contributed by atoms with Gasteiger partial charge >= 0.3 is 11.9 Å². The Bertz CT molecular complexity index is 996. The number of aromatic hydroxyl groups is 1. The normalized spacial score (nSPS) is 40.9. The lowest BCUT2D eigenvalue weighted by atomic mass is 9.45. The summed E-state index contributed by atoms with van der Waals surface area (Å²) >= 11 is 0. The molecule has 34 heavy (non-hydrogen) atoms. The lowest BCUT2D eigenvalue weighted by Crippen LogP contribution is -2.53. The standard InChI is InChI=1S/C29H38O5/c1-17(30)33-22-11-13-28(3)20(15-22)16-23(19-5-7-21(32)8-6-19)27-24-9-10-26(34-18(2)31)29(24,4)14-12-25(27)28/h5-8,16,22-27,32H,9-15H2,1-4H3/t22?,23?,24-,25-,26?,27-,28-,29-/m0/s1. The molecule has 0 aliphatic heterocycles. The van der Waals surface area contributed by atoms with E-state index in [2.05, 4.69) is 32.1 Å². The van der Waals surface area contributed by atoms with Crippen LogP contribution in [0.4, 0.5) is 0 Å². The first-order chi connectivity index (χ1) is 16.1. The van der Waals surface area contributed by atoms with Crippen molar-refractivity contribution in [1.29, 1.82) is 0 Å². The second-order valence-corrected chi connectivity index (χ2v) is 11.7. The molecule has 0 saturated heterocycles. The average Bonchev–Trinajstić information content (AvgIpc) is 3.09. The number of phenolic OH excluding ortho intramolecular Hbond substituents is 1. The Morgan fingerprint density at radius 1 is 0.912 bits per heavy atom. The monoisotopic (exact) mass is 466 g/mol. The Kier molecular flexibility index (Phi) is 5.81. The molecule has 3 fully saturated rings. The molecule has 0 aromatic heterocycles. The van der Waals surface area contributed by atoms with Crippen LogP contribution in [0.5, 0.6) is 5.75 Å². The molecule has 0 radical (unpaired) electrons.